The van der Waals surface area contributed by atoms with Gasteiger partial charge in [0.05, 0.1) is 0 Å². The SMILES string of the molecule is COC(c1n[nH]c(CCN)n1)C1CCCCC1. The topological polar surface area (TPSA) is 76.8 Å². The minimum atomic E-state index is 0.0399. The molecule has 5 heteroatoms. The maximum absolute atomic E-state index is 5.59. The minimum absolute atomic E-state index is 0.0399. The molecule has 2 rings (SSSR count). The predicted octanol–water partition coefficient (Wildman–Crippen LogP) is 1.57. The molecule has 1 heterocycles. The molecule has 3 N–H and O–H groups in total. The van der Waals surface area contributed by atoms with Gasteiger partial charge in [0.2, 0.25) is 0 Å². The molecule has 1 aromatic rings. The highest BCUT2D eigenvalue weighted by molar-refractivity contribution is 4.97. The van der Waals surface area contributed by atoms with Gasteiger partial charge in [-0.1, -0.05) is 19.3 Å². The van der Waals surface area contributed by atoms with Gasteiger partial charge < -0.3 is 10.5 Å². The average molecular weight is 238 g/mol. The van der Waals surface area contributed by atoms with Crippen molar-refractivity contribution in [2.75, 3.05) is 13.7 Å². The number of ether oxygens (including phenoxy) is 1. The Morgan fingerprint density at radius 2 is 2.18 bits per heavy atom. The Morgan fingerprint density at radius 3 is 2.82 bits per heavy atom. The van der Waals surface area contributed by atoms with Gasteiger partial charge in [0, 0.05) is 13.5 Å². The number of aromatic nitrogens is 3. The third kappa shape index (κ3) is 3.04. The maximum Gasteiger partial charge on any atom is 0.179 e. The molecule has 0 bridgehead atoms. The summed E-state index contributed by atoms with van der Waals surface area (Å²) in [5.74, 6) is 2.22. The summed E-state index contributed by atoms with van der Waals surface area (Å²) in [5, 5.41) is 7.20. The molecule has 17 heavy (non-hydrogen) atoms. The van der Waals surface area contributed by atoms with Crippen molar-refractivity contribution in [1.29, 1.82) is 0 Å². The smallest absolute Gasteiger partial charge is 0.179 e. The third-order valence-corrected chi connectivity index (χ3v) is 3.52. The molecule has 5 nitrogen and oxygen atoms in total. The van der Waals surface area contributed by atoms with Crippen LogP contribution in [0.1, 0.15) is 49.9 Å². The first-order chi connectivity index (χ1) is 8.35. The zero-order chi connectivity index (χ0) is 12.1. The molecule has 0 aliphatic heterocycles. The quantitative estimate of drug-likeness (QED) is 0.816. The number of nitrogens with zero attached hydrogens (tertiary/aromatic N) is 2. The fraction of sp³-hybridized carbons (Fsp3) is 0.833. The van der Waals surface area contributed by atoms with Gasteiger partial charge >= 0.3 is 0 Å². The van der Waals surface area contributed by atoms with E-state index < -0.39 is 0 Å². The fourth-order valence-electron chi connectivity index (χ4n) is 2.63. The van der Waals surface area contributed by atoms with E-state index in [-0.39, 0.29) is 6.10 Å². The van der Waals surface area contributed by atoms with Crippen molar-refractivity contribution in [3.8, 4) is 0 Å². The van der Waals surface area contributed by atoms with E-state index in [2.05, 4.69) is 15.2 Å². The Kier molecular flexibility index (Phi) is 4.50. The lowest BCUT2D eigenvalue weighted by Gasteiger charge is -2.27. The van der Waals surface area contributed by atoms with E-state index in [0.29, 0.717) is 12.5 Å². The molecule has 0 spiro atoms. The molecule has 1 aliphatic rings. The van der Waals surface area contributed by atoms with Gasteiger partial charge in [0.1, 0.15) is 11.9 Å². The molecule has 1 unspecified atom stereocenters. The lowest BCUT2D eigenvalue weighted by molar-refractivity contribution is 0.0291. The van der Waals surface area contributed by atoms with E-state index in [9.17, 15) is 0 Å². The second-order valence-electron chi connectivity index (χ2n) is 4.73. The van der Waals surface area contributed by atoms with Crippen LogP contribution >= 0.6 is 0 Å². The first kappa shape index (κ1) is 12.5. The van der Waals surface area contributed by atoms with E-state index in [0.717, 1.165) is 18.1 Å². The zero-order valence-electron chi connectivity index (χ0n) is 10.5. The summed E-state index contributed by atoms with van der Waals surface area (Å²) in [6.07, 6.45) is 7.17. The van der Waals surface area contributed by atoms with Crippen molar-refractivity contribution in [3.63, 3.8) is 0 Å². The van der Waals surface area contributed by atoms with Gasteiger partial charge in [0.25, 0.3) is 0 Å². The summed E-state index contributed by atoms with van der Waals surface area (Å²) in [7, 11) is 1.75. The highest BCUT2D eigenvalue weighted by Gasteiger charge is 2.27. The molecule has 1 aromatic heterocycles. The Labute approximate surface area is 102 Å². The van der Waals surface area contributed by atoms with Gasteiger partial charge in [-0.25, -0.2) is 4.98 Å². The van der Waals surface area contributed by atoms with Crippen LogP contribution in [0.4, 0.5) is 0 Å². The highest BCUT2D eigenvalue weighted by Crippen LogP contribution is 2.34. The van der Waals surface area contributed by atoms with E-state index in [4.69, 9.17) is 10.5 Å². The minimum Gasteiger partial charge on any atom is -0.373 e. The molecule has 0 amide bonds. The van der Waals surface area contributed by atoms with Crippen LogP contribution in [0.2, 0.25) is 0 Å². The number of hydrogen-bond donors (Lipinski definition) is 2. The summed E-state index contributed by atoms with van der Waals surface area (Å²) in [4.78, 5) is 4.47. The second kappa shape index (κ2) is 6.12. The predicted molar refractivity (Wildman–Crippen MR) is 65.5 cm³/mol. The van der Waals surface area contributed by atoms with Gasteiger partial charge in [-0.05, 0) is 25.3 Å². The van der Waals surface area contributed by atoms with E-state index in [1.807, 2.05) is 0 Å². The summed E-state index contributed by atoms with van der Waals surface area (Å²) < 4.78 is 5.59. The largest absolute Gasteiger partial charge is 0.373 e. The Morgan fingerprint density at radius 1 is 1.41 bits per heavy atom. The van der Waals surface area contributed by atoms with Gasteiger partial charge in [-0.2, -0.15) is 5.10 Å². The molecular weight excluding hydrogens is 216 g/mol. The highest BCUT2D eigenvalue weighted by atomic mass is 16.5. The van der Waals surface area contributed by atoms with E-state index in [1.165, 1.54) is 32.1 Å². The third-order valence-electron chi connectivity index (χ3n) is 3.52. The first-order valence-electron chi connectivity index (χ1n) is 6.49. The van der Waals surface area contributed by atoms with Crippen molar-refractivity contribution < 1.29 is 4.74 Å². The summed E-state index contributed by atoms with van der Waals surface area (Å²) in [5.41, 5.74) is 5.50. The fourth-order valence-corrected chi connectivity index (χ4v) is 2.63. The summed E-state index contributed by atoms with van der Waals surface area (Å²) in [6, 6.07) is 0. The number of aromatic amines is 1. The molecule has 0 aromatic carbocycles. The van der Waals surface area contributed by atoms with Crippen molar-refractivity contribution in [3.05, 3.63) is 11.6 Å². The number of methoxy groups -OCH3 is 1. The molecule has 0 radical (unpaired) electrons. The molecule has 1 aliphatic carbocycles. The van der Waals surface area contributed by atoms with Crippen LogP contribution in [-0.4, -0.2) is 28.8 Å². The van der Waals surface area contributed by atoms with Crippen LogP contribution in [0, 0.1) is 5.92 Å². The van der Waals surface area contributed by atoms with E-state index >= 15 is 0 Å². The Hall–Kier alpha value is -0.940. The molecule has 1 fully saturated rings. The lowest BCUT2D eigenvalue weighted by atomic mass is 9.85. The monoisotopic (exact) mass is 238 g/mol. The van der Waals surface area contributed by atoms with Crippen molar-refractivity contribution in [2.45, 2.75) is 44.6 Å². The van der Waals surface area contributed by atoms with Crippen LogP contribution in [-0.2, 0) is 11.2 Å². The van der Waals surface area contributed by atoms with Crippen LogP contribution in [0.3, 0.4) is 0 Å². The molecule has 96 valence electrons. The van der Waals surface area contributed by atoms with Gasteiger partial charge in [0.15, 0.2) is 5.82 Å². The Bertz CT molecular complexity index is 333. The van der Waals surface area contributed by atoms with Crippen LogP contribution < -0.4 is 5.73 Å². The van der Waals surface area contributed by atoms with Crippen LogP contribution in [0.5, 0.6) is 0 Å². The van der Waals surface area contributed by atoms with Gasteiger partial charge in [-0.3, -0.25) is 5.10 Å². The molecule has 0 saturated heterocycles. The summed E-state index contributed by atoms with van der Waals surface area (Å²) >= 11 is 0. The van der Waals surface area contributed by atoms with Gasteiger partial charge in [-0.15, -0.1) is 0 Å². The second-order valence-corrected chi connectivity index (χ2v) is 4.73. The standard InChI is InChI=1S/C12H22N4O/c1-17-11(9-5-3-2-4-6-9)12-14-10(7-8-13)15-16-12/h9,11H,2-8,13H2,1H3,(H,14,15,16). The first-order valence-corrected chi connectivity index (χ1v) is 6.49. The normalized spacial score (nSPS) is 19.4. The average Bonchev–Trinajstić information content (AvgIpc) is 2.81. The summed E-state index contributed by atoms with van der Waals surface area (Å²) in [6.45, 7) is 0.593. The molecular formula is C12H22N4O. The van der Waals surface area contributed by atoms with Crippen molar-refractivity contribution >= 4 is 0 Å². The molecule has 1 saturated carbocycles. The zero-order valence-corrected chi connectivity index (χ0v) is 10.5. The van der Waals surface area contributed by atoms with Crippen molar-refractivity contribution in [1.82, 2.24) is 15.2 Å². The lowest BCUT2D eigenvalue weighted by Crippen LogP contribution is -2.19. The van der Waals surface area contributed by atoms with E-state index in [1.54, 1.807) is 7.11 Å². The number of hydrogen-bond acceptors (Lipinski definition) is 4. The number of nitrogens with two attached hydrogens (primary N) is 1. The number of rotatable bonds is 5. The van der Waals surface area contributed by atoms with Crippen LogP contribution in [0.15, 0.2) is 0 Å². The number of nitrogens with one attached hydrogen (secondary N) is 1. The van der Waals surface area contributed by atoms with Crippen LogP contribution in [0.25, 0.3) is 0 Å². The molecule has 1 atom stereocenters. The van der Waals surface area contributed by atoms with Crippen molar-refractivity contribution in [2.24, 2.45) is 11.7 Å². The number of H-pyrrole nitrogens is 1. The Balaban J connectivity index is 2.04. The maximum atomic E-state index is 5.59.